The van der Waals surface area contributed by atoms with Gasteiger partial charge in [-0.3, -0.25) is 0 Å². The fourth-order valence-electron chi connectivity index (χ4n) is 4.68. The number of benzene rings is 1. The first-order chi connectivity index (χ1) is 15.7. The third-order valence-electron chi connectivity index (χ3n) is 6.83. The van der Waals surface area contributed by atoms with Gasteiger partial charge < -0.3 is 5.01 Å². The van der Waals surface area contributed by atoms with Crippen molar-refractivity contribution in [1.82, 2.24) is 18.6 Å². The summed E-state index contributed by atoms with van der Waals surface area (Å²) in [7, 11) is -3.77. The maximum absolute atomic E-state index is 13.3. The highest BCUT2D eigenvalue weighted by Crippen LogP contribution is 2.35. The van der Waals surface area contributed by atoms with E-state index in [-0.39, 0.29) is 10.3 Å². The lowest BCUT2D eigenvalue weighted by Crippen LogP contribution is -2.44. The van der Waals surface area contributed by atoms with Crippen LogP contribution >= 0.6 is 0 Å². The third kappa shape index (κ3) is 3.45. The standard InChI is InChI=1S/C24H26N6O2S/c1-17-4-6-19(7-5-17)33(31,32)30-13-10-20-22-21(14-26-23(20)30)27-16-29(22)28-11-8-18(9-12-28)24(2,3)15-25/h4-7,10,13-14,16,18H,8-9,11-12H2,1-3H3. The molecule has 9 heteroatoms. The predicted octanol–water partition coefficient (Wildman–Crippen LogP) is 3.83. The number of hydrogen-bond donors (Lipinski definition) is 0. The molecule has 0 radical (unpaired) electrons. The molecular weight excluding hydrogens is 436 g/mol. The van der Waals surface area contributed by atoms with E-state index >= 15 is 0 Å². The number of nitriles is 1. The minimum absolute atomic E-state index is 0.225. The zero-order chi connectivity index (χ0) is 23.4. The van der Waals surface area contributed by atoms with Crippen LogP contribution in [-0.4, -0.2) is 40.1 Å². The van der Waals surface area contributed by atoms with Crippen LogP contribution in [0.1, 0.15) is 32.3 Å². The zero-order valence-corrected chi connectivity index (χ0v) is 19.7. The molecule has 1 saturated heterocycles. The van der Waals surface area contributed by atoms with Crippen molar-refractivity contribution in [3.8, 4) is 6.07 Å². The molecule has 0 amide bonds. The van der Waals surface area contributed by atoms with Gasteiger partial charge in [-0.2, -0.15) is 5.26 Å². The Balaban J connectivity index is 1.55. The summed E-state index contributed by atoms with van der Waals surface area (Å²) in [6, 6.07) is 11.0. The molecule has 0 aliphatic carbocycles. The van der Waals surface area contributed by atoms with E-state index in [1.54, 1.807) is 49.1 Å². The number of aryl methyl sites for hydroxylation is 1. The lowest BCUT2D eigenvalue weighted by atomic mass is 9.75. The Morgan fingerprint density at radius 1 is 1.09 bits per heavy atom. The zero-order valence-electron chi connectivity index (χ0n) is 18.9. The van der Waals surface area contributed by atoms with Crippen molar-refractivity contribution < 1.29 is 8.42 Å². The van der Waals surface area contributed by atoms with Crippen LogP contribution in [-0.2, 0) is 10.0 Å². The first kappa shape index (κ1) is 21.5. The monoisotopic (exact) mass is 462 g/mol. The molecule has 33 heavy (non-hydrogen) atoms. The molecule has 3 aromatic heterocycles. The Bertz CT molecular complexity index is 1480. The van der Waals surface area contributed by atoms with Crippen molar-refractivity contribution in [1.29, 1.82) is 5.26 Å². The first-order valence-electron chi connectivity index (χ1n) is 11.0. The molecule has 1 aromatic carbocycles. The maximum atomic E-state index is 13.3. The summed E-state index contributed by atoms with van der Waals surface area (Å²) in [5, 5.41) is 12.4. The molecule has 0 spiro atoms. The van der Waals surface area contributed by atoms with Crippen molar-refractivity contribution in [3.63, 3.8) is 0 Å². The van der Waals surface area contributed by atoms with Crippen LogP contribution < -0.4 is 5.01 Å². The molecule has 4 heterocycles. The molecule has 170 valence electrons. The number of nitrogens with zero attached hydrogens (tertiary/aromatic N) is 6. The van der Waals surface area contributed by atoms with E-state index in [0.29, 0.717) is 17.1 Å². The summed E-state index contributed by atoms with van der Waals surface area (Å²) in [6.45, 7) is 7.53. The van der Waals surface area contributed by atoms with E-state index in [1.807, 2.05) is 25.4 Å². The molecule has 1 fully saturated rings. The van der Waals surface area contributed by atoms with E-state index in [4.69, 9.17) is 0 Å². The molecule has 0 unspecified atom stereocenters. The van der Waals surface area contributed by atoms with Crippen LogP contribution in [0.25, 0.3) is 22.1 Å². The average molecular weight is 463 g/mol. The molecule has 8 nitrogen and oxygen atoms in total. The van der Waals surface area contributed by atoms with Crippen molar-refractivity contribution in [2.75, 3.05) is 18.1 Å². The average Bonchev–Trinajstić information content (AvgIpc) is 3.44. The second-order valence-corrected chi connectivity index (χ2v) is 11.1. The van der Waals surface area contributed by atoms with Gasteiger partial charge in [-0.05, 0) is 57.7 Å². The Morgan fingerprint density at radius 2 is 1.79 bits per heavy atom. The smallest absolute Gasteiger partial charge is 0.269 e. The Hall–Kier alpha value is -3.38. The van der Waals surface area contributed by atoms with Crippen LogP contribution in [0.3, 0.4) is 0 Å². The van der Waals surface area contributed by atoms with Gasteiger partial charge in [0, 0.05) is 24.7 Å². The van der Waals surface area contributed by atoms with Crippen molar-refractivity contribution in [2.45, 2.75) is 38.5 Å². The first-order valence-corrected chi connectivity index (χ1v) is 12.5. The third-order valence-corrected chi connectivity index (χ3v) is 8.51. The summed E-state index contributed by atoms with van der Waals surface area (Å²) in [5.41, 5.74) is 2.59. The Labute approximate surface area is 193 Å². The number of fused-ring (bicyclic) bond motifs is 3. The van der Waals surface area contributed by atoms with E-state index in [9.17, 15) is 13.7 Å². The molecule has 5 rings (SSSR count). The van der Waals surface area contributed by atoms with Gasteiger partial charge in [-0.1, -0.05) is 17.7 Å². The van der Waals surface area contributed by atoms with Crippen LogP contribution in [0.15, 0.2) is 53.9 Å². The summed E-state index contributed by atoms with van der Waals surface area (Å²) in [4.78, 5) is 9.19. The van der Waals surface area contributed by atoms with E-state index < -0.39 is 10.0 Å². The van der Waals surface area contributed by atoms with E-state index in [0.717, 1.165) is 42.4 Å². The van der Waals surface area contributed by atoms with Crippen molar-refractivity contribution in [2.24, 2.45) is 11.3 Å². The molecule has 1 aliphatic heterocycles. The quantitative estimate of drug-likeness (QED) is 0.457. The minimum Gasteiger partial charge on any atom is -0.311 e. The molecule has 1 aliphatic rings. The van der Waals surface area contributed by atoms with Crippen LogP contribution in [0.4, 0.5) is 0 Å². The summed E-state index contributed by atoms with van der Waals surface area (Å²) in [5.74, 6) is 0.343. The van der Waals surface area contributed by atoms with Gasteiger partial charge in [-0.15, -0.1) is 0 Å². The number of imidazole rings is 1. The molecule has 4 aromatic rings. The Kier molecular flexibility index (Phi) is 4.94. The molecule has 0 bridgehead atoms. The second kappa shape index (κ2) is 7.59. The summed E-state index contributed by atoms with van der Waals surface area (Å²) >= 11 is 0. The van der Waals surface area contributed by atoms with Crippen LogP contribution in [0.2, 0.25) is 0 Å². The lowest BCUT2D eigenvalue weighted by Gasteiger charge is -2.38. The van der Waals surface area contributed by atoms with Gasteiger partial charge in [0.05, 0.1) is 22.6 Å². The van der Waals surface area contributed by atoms with Gasteiger partial charge in [-0.25, -0.2) is 27.0 Å². The molecule has 0 atom stereocenters. The van der Waals surface area contributed by atoms with E-state index in [2.05, 4.69) is 21.0 Å². The number of hydrogen-bond acceptors (Lipinski definition) is 6. The van der Waals surface area contributed by atoms with Gasteiger partial charge in [0.15, 0.2) is 5.65 Å². The van der Waals surface area contributed by atoms with Crippen LogP contribution in [0, 0.1) is 29.6 Å². The fraction of sp³-hybridized carbons (Fsp3) is 0.375. The van der Waals surface area contributed by atoms with Gasteiger partial charge in [0.1, 0.15) is 17.4 Å². The predicted molar refractivity (Wildman–Crippen MR) is 127 cm³/mol. The van der Waals surface area contributed by atoms with Gasteiger partial charge >= 0.3 is 0 Å². The number of aromatic nitrogens is 4. The Morgan fingerprint density at radius 3 is 2.45 bits per heavy atom. The van der Waals surface area contributed by atoms with Crippen molar-refractivity contribution in [3.05, 3.63) is 54.6 Å². The highest BCUT2D eigenvalue weighted by molar-refractivity contribution is 7.90. The number of rotatable bonds is 4. The highest BCUT2D eigenvalue weighted by Gasteiger charge is 2.33. The van der Waals surface area contributed by atoms with Gasteiger partial charge in [0.25, 0.3) is 10.0 Å². The largest absolute Gasteiger partial charge is 0.311 e. The maximum Gasteiger partial charge on any atom is 0.269 e. The number of piperidine rings is 1. The normalized spacial score (nSPS) is 15.9. The minimum atomic E-state index is -3.77. The van der Waals surface area contributed by atoms with Crippen LogP contribution in [0.5, 0.6) is 0 Å². The molecular formula is C24H26N6O2S. The molecule has 0 saturated carbocycles. The SMILES string of the molecule is Cc1ccc(S(=O)(=O)n2ccc3c4c(cnc32)ncn4N2CCC(C(C)(C)C#N)CC2)cc1. The fourth-order valence-corrected chi connectivity index (χ4v) is 5.98. The van der Waals surface area contributed by atoms with E-state index in [1.165, 1.54) is 3.97 Å². The molecule has 0 N–H and O–H groups in total. The summed E-state index contributed by atoms with van der Waals surface area (Å²) in [6.07, 6.45) is 6.79. The summed E-state index contributed by atoms with van der Waals surface area (Å²) < 4.78 is 29.9. The highest BCUT2D eigenvalue weighted by atomic mass is 32.2. The number of pyridine rings is 1. The topological polar surface area (TPSA) is 96.8 Å². The lowest BCUT2D eigenvalue weighted by molar-refractivity contribution is 0.228. The second-order valence-electron chi connectivity index (χ2n) is 9.31. The van der Waals surface area contributed by atoms with Crippen molar-refractivity contribution >= 4 is 32.1 Å². The van der Waals surface area contributed by atoms with Gasteiger partial charge in [0.2, 0.25) is 0 Å².